The van der Waals surface area contributed by atoms with Crippen LogP contribution in [0.25, 0.3) is 0 Å². The van der Waals surface area contributed by atoms with Crippen molar-refractivity contribution >= 4 is 29.6 Å². The quantitative estimate of drug-likeness (QED) is 0.240. The van der Waals surface area contributed by atoms with Crippen molar-refractivity contribution in [2.24, 2.45) is 23.2 Å². The Morgan fingerprint density at radius 2 is 1.67 bits per heavy atom. The van der Waals surface area contributed by atoms with E-state index in [1.165, 1.54) is 11.0 Å². The Morgan fingerprint density at radius 3 is 2.23 bits per heavy atom. The summed E-state index contributed by atoms with van der Waals surface area (Å²) in [7, 11) is 0. The Morgan fingerprint density at radius 1 is 1.05 bits per heavy atom. The van der Waals surface area contributed by atoms with Crippen LogP contribution in [0.15, 0.2) is 12.7 Å². The summed E-state index contributed by atoms with van der Waals surface area (Å²) in [5.74, 6) is -4.18. The molecule has 3 rings (SSSR count). The third kappa shape index (κ3) is 8.72. The van der Waals surface area contributed by atoms with Gasteiger partial charge in [0.15, 0.2) is 0 Å². The molecule has 3 N–H and O–H groups in total. The zero-order valence-electron chi connectivity index (χ0n) is 25.6. The van der Waals surface area contributed by atoms with Gasteiger partial charge in [-0.15, -0.1) is 6.58 Å². The number of ketones is 1. The summed E-state index contributed by atoms with van der Waals surface area (Å²) in [4.78, 5) is 67.2. The van der Waals surface area contributed by atoms with Gasteiger partial charge in [-0.2, -0.15) is 13.2 Å². The number of Topliss-reactive ketones (excluding diaryl/α,β-unsaturated/α-hetero) is 1. The second-order valence-corrected chi connectivity index (χ2v) is 13.5. The number of carbonyl (C=O) groups excluding carboxylic acids is 5. The highest BCUT2D eigenvalue weighted by Gasteiger charge is 2.69. The second-order valence-electron chi connectivity index (χ2n) is 13.5. The van der Waals surface area contributed by atoms with E-state index < -0.39 is 72.3 Å². The average Bonchev–Trinajstić information content (AvgIpc) is 3.22. The summed E-state index contributed by atoms with van der Waals surface area (Å²) >= 11 is 0. The molecule has 10 nitrogen and oxygen atoms in total. The second kappa shape index (κ2) is 13.3. The summed E-state index contributed by atoms with van der Waals surface area (Å²) in [5.41, 5.74) is -1.13. The van der Waals surface area contributed by atoms with Gasteiger partial charge in [0.2, 0.25) is 17.6 Å². The highest BCUT2D eigenvalue weighted by atomic mass is 19.4. The van der Waals surface area contributed by atoms with Gasteiger partial charge in [-0.1, -0.05) is 39.2 Å². The molecular formula is C30H45F3N4O6. The first-order valence-corrected chi connectivity index (χ1v) is 15.0. The van der Waals surface area contributed by atoms with E-state index in [1.807, 2.05) is 13.8 Å². The van der Waals surface area contributed by atoms with Crippen molar-refractivity contribution in [1.29, 1.82) is 0 Å². The summed E-state index contributed by atoms with van der Waals surface area (Å²) in [5, 5.41) is 7.35. The molecular weight excluding hydrogens is 569 g/mol. The number of likely N-dealkylation sites (tertiary alicyclic amines) is 1. The van der Waals surface area contributed by atoms with Crippen LogP contribution in [-0.2, 0) is 23.9 Å². The topological polar surface area (TPSA) is 134 Å². The fourth-order valence-corrected chi connectivity index (χ4v) is 6.52. The largest absolute Gasteiger partial charge is 0.444 e. The van der Waals surface area contributed by atoms with Crippen LogP contribution in [0.2, 0.25) is 0 Å². The van der Waals surface area contributed by atoms with Crippen LogP contribution in [-0.4, -0.2) is 77.5 Å². The molecule has 0 spiro atoms. The summed E-state index contributed by atoms with van der Waals surface area (Å²) in [6.07, 6.45) is -2.15. The zero-order chi connectivity index (χ0) is 32.3. The number of halogens is 3. The molecule has 1 aliphatic heterocycles. The predicted molar refractivity (Wildman–Crippen MR) is 151 cm³/mol. The Labute approximate surface area is 250 Å². The zero-order valence-corrected chi connectivity index (χ0v) is 25.6. The van der Waals surface area contributed by atoms with Gasteiger partial charge < -0.3 is 25.6 Å². The van der Waals surface area contributed by atoms with Crippen molar-refractivity contribution in [2.75, 3.05) is 13.1 Å². The fourth-order valence-electron chi connectivity index (χ4n) is 6.52. The molecule has 0 aromatic rings. The lowest BCUT2D eigenvalue weighted by molar-refractivity contribution is -0.147. The molecule has 2 saturated carbocycles. The number of piperidine rings is 1. The number of rotatable bonds is 11. The van der Waals surface area contributed by atoms with E-state index in [-0.39, 0.29) is 36.3 Å². The fraction of sp³-hybridized carbons (Fsp3) is 0.767. The van der Waals surface area contributed by atoms with Crippen molar-refractivity contribution in [3.63, 3.8) is 0 Å². The van der Waals surface area contributed by atoms with Crippen LogP contribution in [0.4, 0.5) is 18.0 Å². The minimum atomic E-state index is -4.62. The minimum Gasteiger partial charge on any atom is -0.444 e. The Bertz CT molecular complexity index is 1100. The van der Waals surface area contributed by atoms with E-state index in [2.05, 4.69) is 22.5 Å². The predicted octanol–water partition coefficient (Wildman–Crippen LogP) is 3.64. The summed E-state index contributed by atoms with van der Waals surface area (Å²) < 4.78 is 44.7. The Hall–Kier alpha value is -3.12. The van der Waals surface area contributed by atoms with Crippen molar-refractivity contribution in [3.8, 4) is 0 Å². The number of ether oxygens (including phenoxy) is 1. The molecule has 43 heavy (non-hydrogen) atoms. The highest BCUT2D eigenvalue weighted by molar-refractivity contribution is 6.38. The van der Waals surface area contributed by atoms with Crippen molar-refractivity contribution in [2.45, 2.75) is 109 Å². The minimum absolute atomic E-state index is 0.0547. The third-order valence-electron chi connectivity index (χ3n) is 8.80. The van der Waals surface area contributed by atoms with E-state index in [9.17, 15) is 37.1 Å². The summed E-state index contributed by atoms with van der Waals surface area (Å²) in [6.45, 7) is 12.6. The van der Waals surface area contributed by atoms with Crippen molar-refractivity contribution in [3.05, 3.63) is 12.7 Å². The lowest BCUT2D eigenvalue weighted by Gasteiger charge is -2.37. The molecule has 4 amide bonds. The van der Waals surface area contributed by atoms with Crippen LogP contribution in [0.3, 0.4) is 0 Å². The standard InChI is InChI=1S/C30H45F3N4O6/c1-7-15-34-25(40)23(38)19(13-14-30(31,32)33)35-24(39)22-20-18(29(20,5)6)16-37(22)26(41)21(17-11-9-8-10-12-17)36-27(42)43-28(2,3)4/h7,17-22H,1,8-16H2,2-6H3,(H,34,40)(H,35,39)(H,36,42)/t18-,19?,20-,21?,22-/m0/s1. The number of amides is 4. The lowest BCUT2D eigenvalue weighted by Crippen LogP contribution is -2.60. The van der Waals surface area contributed by atoms with E-state index in [0.717, 1.165) is 19.3 Å². The number of fused-ring (bicyclic) bond motifs is 1. The number of alkyl carbamates (subject to hydrolysis) is 1. The van der Waals surface area contributed by atoms with Crippen molar-refractivity contribution in [1.82, 2.24) is 20.9 Å². The molecule has 3 fully saturated rings. The van der Waals surface area contributed by atoms with Crippen LogP contribution in [0.5, 0.6) is 0 Å². The van der Waals surface area contributed by atoms with Gasteiger partial charge in [-0.25, -0.2) is 4.79 Å². The molecule has 1 saturated heterocycles. The van der Waals surface area contributed by atoms with Crippen LogP contribution in [0, 0.1) is 23.2 Å². The maximum Gasteiger partial charge on any atom is 0.408 e. The van der Waals surface area contributed by atoms with Crippen molar-refractivity contribution < 1.29 is 41.9 Å². The first kappa shape index (κ1) is 34.4. The molecule has 13 heteroatoms. The van der Waals surface area contributed by atoms with E-state index in [0.29, 0.717) is 12.8 Å². The lowest BCUT2D eigenvalue weighted by atomic mass is 9.83. The van der Waals surface area contributed by atoms with Gasteiger partial charge in [-0.05, 0) is 63.2 Å². The number of hydrogen-bond acceptors (Lipinski definition) is 6. The van der Waals surface area contributed by atoms with Gasteiger partial charge in [0.05, 0.1) is 6.04 Å². The number of carbonyl (C=O) groups is 5. The van der Waals surface area contributed by atoms with E-state index in [1.54, 1.807) is 20.8 Å². The van der Waals surface area contributed by atoms with Gasteiger partial charge in [-0.3, -0.25) is 19.2 Å². The average molecular weight is 615 g/mol. The molecule has 0 radical (unpaired) electrons. The molecule has 5 atom stereocenters. The van der Waals surface area contributed by atoms with Crippen LogP contribution < -0.4 is 16.0 Å². The maximum atomic E-state index is 14.1. The summed E-state index contributed by atoms with van der Waals surface area (Å²) in [6, 6.07) is -3.79. The van der Waals surface area contributed by atoms with E-state index >= 15 is 0 Å². The number of alkyl halides is 3. The Kier molecular flexibility index (Phi) is 10.6. The van der Waals surface area contributed by atoms with Gasteiger partial charge in [0.25, 0.3) is 5.91 Å². The first-order chi connectivity index (χ1) is 19.9. The molecule has 0 aromatic heterocycles. The number of nitrogens with zero attached hydrogens (tertiary/aromatic N) is 1. The smallest absolute Gasteiger partial charge is 0.408 e. The maximum absolute atomic E-state index is 14.1. The highest BCUT2D eigenvalue weighted by Crippen LogP contribution is 2.65. The van der Waals surface area contributed by atoms with Gasteiger partial charge in [0, 0.05) is 19.5 Å². The normalized spacial score (nSPS) is 24.7. The molecule has 3 aliphatic rings. The molecule has 2 unspecified atom stereocenters. The van der Waals surface area contributed by atoms with Crippen LogP contribution >= 0.6 is 0 Å². The monoisotopic (exact) mass is 614 g/mol. The van der Waals surface area contributed by atoms with E-state index in [4.69, 9.17) is 4.74 Å². The molecule has 2 aliphatic carbocycles. The van der Waals surface area contributed by atoms with Crippen LogP contribution in [0.1, 0.15) is 79.6 Å². The first-order valence-electron chi connectivity index (χ1n) is 15.0. The Balaban J connectivity index is 1.87. The third-order valence-corrected chi connectivity index (χ3v) is 8.80. The molecule has 242 valence electrons. The number of nitrogens with one attached hydrogen (secondary N) is 3. The van der Waals surface area contributed by atoms with Gasteiger partial charge in [0.1, 0.15) is 17.7 Å². The SMILES string of the molecule is C=CCNC(=O)C(=O)C(CCC(F)(F)F)NC(=O)[C@@H]1[C@@H]2[C@H](CN1C(=O)C(NC(=O)OC(C)(C)C)C1CCCCC1)C2(C)C. The molecule has 0 aromatic carbocycles. The molecule has 1 heterocycles. The van der Waals surface area contributed by atoms with Gasteiger partial charge >= 0.3 is 12.3 Å². The number of hydrogen-bond donors (Lipinski definition) is 3. The molecule has 0 bridgehead atoms.